The molecule has 0 saturated heterocycles. The molecule has 1 aromatic carbocycles. The van der Waals surface area contributed by atoms with E-state index in [0.717, 1.165) is 17.7 Å². The Balaban J connectivity index is 1.86. The Bertz CT molecular complexity index is 662. The second kappa shape index (κ2) is 8.14. The van der Waals surface area contributed by atoms with Gasteiger partial charge in [0.2, 0.25) is 5.91 Å². The Kier molecular flexibility index (Phi) is 5.94. The minimum absolute atomic E-state index is 0.00391. The van der Waals surface area contributed by atoms with Gasteiger partial charge in [-0.05, 0) is 30.2 Å². The fourth-order valence-corrected chi connectivity index (χ4v) is 2.05. The van der Waals surface area contributed by atoms with Crippen LogP contribution in [0.4, 0.5) is 5.69 Å². The lowest BCUT2D eigenvalue weighted by atomic mass is 10.2. The van der Waals surface area contributed by atoms with Gasteiger partial charge >= 0.3 is 0 Å². The molecule has 6 nitrogen and oxygen atoms in total. The Morgan fingerprint density at radius 3 is 2.57 bits per heavy atom. The summed E-state index contributed by atoms with van der Waals surface area (Å²) in [6.45, 7) is 2.62. The molecule has 1 heterocycles. The summed E-state index contributed by atoms with van der Waals surface area (Å²) in [4.78, 5) is 23.5. The third kappa shape index (κ3) is 4.96. The lowest BCUT2D eigenvalue weighted by molar-refractivity contribution is -0.116. The Morgan fingerprint density at radius 2 is 1.96 bits per heavy atom. The van der Waals surface area contributed by atoms with Crippen LogP contribution in [0, 0.1) is 0 Å². The van der Waals surface area contributed by atoms with Crippen molar-refractivity contribution in [2.75, 3.05) is 5.32 Å². The number of nitrogens with two attached hydrogens (primary N) is 1. The van der Waals surface area contributed by atoms with E-state index >= 15 is 0 Å². The quantitative estimate of drug-likeness (QED) is 0.731. The van der Waals surface area contributed by atoms with Crippen LogP contribution < -0.4 is 16.4 Å². The van der Waals surface area contributed by atoms with Gasteiger partial charge < -0.3 is 20.8 Å². The summed E-state index contributed by atoms with van der Waals surface area (Å²) >= 11 is 0. The second-order valence-electron chi connectivity index (χ2n) is 5.18. The van der Waals surface area contributed by atoms with Crippen molar-refractivity contribution < 1.29 is 14.0 Å². The lowest BCUT2D eigenvalue weighted by Crippen LogP contribution is -2.22. The molecule has 0 spiro atoms. The maximum absolute atomic E-state index is 12.0. The standard InChI is InChI=1S/C17H21N3O3/c1-2-3-16(21)20-14-6-4-12(5-7-14)10-19-17(22)13-8-15(9-18)23-11-13/h4-8,11H,2-3,9-10,18H2,1H3,(H,19,22)(H,20,21). The molecule has 2 rings (SSSR count). The van der Waals surface area contributed by atoms with E-state index in [1.54, 1.807) is 6.07 Å². The normalized spacial score (nSPS) is 10.3. The first-order chi connectivity index (χ1) is 11.1. The summed E-state index contributed by atoms with van der Waals surface area (Å²) in [5.41, 5.74) is 7.58. The minimum atomic E-state index is -0.214. The number of rotatable bonds is 7. The highest BCUT2D eigenvalue weighted by Crippen LogP contribution is 2.11. The zero-order valence-corrected chi connectivity index (χ0v) is 13.1. The number of carbonyl (C=O) groups excluding carboxylic acids is 2. The third-order valence-corrected chi connectivity index (χ3v) is 3.28. The summed E-state index contributed by atoms with van der Waals surface area (Å²) in [6, 6.07) is 8.99. The molecule has 0 atom stereocenters. The van der Waals surface area contributed by atoms with E-state index in [0.29, 0.717) is 24.3 Å². The van der Waals surface area contributed by atoms with Gasteiger partial charge in [-0.15, -0.1) is 0 Å². The maximum Gasteiger partial charge on any atom is 0.254 e. The summed E-state index contributed by atoms with van der Waals surface area (Å²) in [6.07, 6.45) is 2.72. The average molecular weight is 315 g/mol. The first kappa shape index (κ1) is 16.8. The number of carbonyl (C=O) groups is 2. The molecule has 4 N–H and O–H groups in total. The van der Waals surface area contributed by atoms with E-state index < -0.39 is 0 Å². The Morgan fingerprint density at radius 1 is 1.22 bits per heavy atom. The SMILES string of the molecule is CCCC(=O)Nc1ccc(CNC(=O)c2coc(CN)c2)cc1. The number of nitrogens with one attached hydrogen (secondary N) is 2. The first-order valence-electron chi connectivity index (χ1n) is 7.57. The molecule has 0 radical (unpaired) electrons. The predicted octanol–water partition coefficient (Wildman–Crippen LogP) is 2.41. The van der Waals surface area contributed by atoms with Crippen molar-refractivity contribution in [3.63, 3.8) is 0 Å². The molecule has 1 aromatic heterocycles. The van der Waals surface area contributed by atoms with E-state index in [1.165, 1.54) is 6.26 Å². The zero-order chi connectivity index (χ0) is 16.7. The number of hydrogen-bond donors (Lipinski definition) is 3. The van der Waals surface area contributed by atoms with E-state index in [1.807, 2.05) is 31.2 Å². The highest BCUT2D eigenvalue weighted by atomic mass is 16.3. The van der Waals surface area contributed by atoms with Gasteiger partial charge in [0.1, 0.15) is 12.0 Å². The molecule has 0 unspecified atom stereocenters. The van der Waals surface area contributed by atoms with Gasteiger partial charge in [-0.3, -0.25) is 9.59 Å². The molecule has 0 aliphatic heterocycles. The fraction of sp³-hybridized carbons (Fsp3) is 0.294. The molecule has 23 heavy (non-hydrogen) atoms. The molecule has 0 fully saturated rings. The molecule has 0 saturated carbocycles. The van der Waals surface area contributed by atoms with Gasteiger partial charge in [0.25, 0.3) is 5.91 Å². The maximum atomic E-state index is 12.0. The molecular formula is C17H21N3O3. The second-order valence-corrected chi connectivity index (χ2v) is 5.18. The van der Waals surface area contributed by atoms with Crippen LogP contribution in [-0.4, -0.2) is 11.8 Å². The zero-order valence-electron chi connectivity index (χ0n) is 13.1. The predicted molar refractivity (Wildman–Crippen MR) is 87.7 cm³/mol. The summed E-state index contributed by atoms with van der Waals surface area (Å²) in [5, 5.41) is 5.63. The molecule has 6 heteroatoms. The number of amides is 2. The highest BCUT2D eigenvalue weighted by Gasteiger charge is 2.09. The van der Waals surface area contributed by atoms with Crippen molar-refractivity contribution in [3.8, 4) is 0 Å². The van der Waals surface area contributed by atoms with Crippen LogP contribution in [0.1, 0.15) is 41.4 Å². The Labute approximate surface area is 135 Å². The third-order valence-electron chi connectivity index (χ3n) is 3.28. The van der Waals surface area contributed by atoms with Crippen molar-refractivity contribution >= 4 is 17.5 Å². The van der Waals surface area contributed by atoms with Crippen LogP contribution in [0.15, 0.2) is 41.0 Å². The van der Waals surface area contributed by atoms with E-state index in [2.05, 4.69) is 10.6 Å². The smallest absolute Gasteiger partial charge is 0.254 e. The van der Waals surface area contributed by atoms with Crippen molar-refractivity contribution in [1.29, 1.82) is 0 Å². The van der Waals surface area contributed by atoms with Crippen molar-refractivity contribution in [2.45, 2.75) is 32.9 Å². The van der Waals surface area contributed by atoms with Gasteiger partial charge in [-0.25, -0.2) is 0 Å². The van der Waals surface area contributed by atoms with Crippen LogP contribution >= 0.6 is 0 Å². The number of benzene rings is 1. The molecular weight excluding hydrogens is 294 g/mol. The van der Waals surface area contributed by atoms with E-state index in [9.17, 15) is 9.59 Å². The van der Waals surface area contributed by atoms with Gasteiger partial charge in [0, 0.05) is 18.7 Å². The van der Waals surface area contributed by atoms with Gasteiger partial charge in [-0.1, -0.05) is 19.1 Å². The summed E-state index contributed by atoms with van der Waals surface area (Å²) in [5.74, 6) is 0.361. The molecule has 0 aliphatic rings. The van der Waals surface area contributed by atoms with Gasteiger partial charge in [-0.2, -0.15) is 0 Å². The van der Waals surface area contributed by atoms with Crippen molar-refractivity contribution in [2.24, 2.45) is 5.73 Å². The largest absolute Gasteiger partial charge is 0.467 e. The topological polar surface area (TPSA) is 97.4 Å². The van der Waals surface area contributed by atoms with Crippen LogP contribution in [-0.2, 0) is 17.9 Å². The summed E-state index contributed by atoms with van der Waals surface area (Å²) in [7, 11) is 0. The fourth-order valence-electron chi connectivity index (χ4n) is 2.05. The summed E-state index contributed by atoms with van der Waals surface area (Å²) < 4.78 is 5.13. The van der Waals surface area contributed by atoms with Crippen LogP contribution in [0.25, 0.3) is 0 Å². The number of hydrogen-bond acceptors (Lipinski definition) is 4. The van der Waals surface area contributed by atoms with Crippen LogP contribution in [0.2, 0.25) is 0 Å². The number of furan rings is 1. The van der Waals surface area contributed by atoms with Crippen LogP contribution in [0.5, 0.6) is 0 Å². The lowest BCUT2D eigenvalue weighted by Gasteiger charge is -2.07. The van der Waals surface area contributed by atoms with Crippen molar-refractivity contribution in [3.05, 3.63) is 53.5 Å². The highest BCUT2D eigenvalue weighted by molar-refractivity contribution is 5.94. The molecule has 122 valence electrons. The van der Waals surface area contributed by atoms with Crippen LogP contribution in [0.3, 0.4) is 0 Å². The van der Waals surface area contributed by atoms with Gasteiger partial charge in [0.05, 0.1) is 12.1 Å². The molecule has 0 bridgehead atoms. The van der Waals surface area contributed by atoms with E-state index in [-0.39, 0.29) is 18.4 Å². The monoisotopic (exact) mass is 315 g/mol. The molecule has 2 aromatic rings. The van der Waals surface area contributed by atoms with E-state index in [4.69, 9.17) is 10.2 Å². The molecule has 0 aliphatic carbocycles. The van der Waals surface area contributed by atoms with Gasteiger partial charge in [0.15, 0.2) is 0 Å². The first-order valence-corrected chi connectivity index (χ1v) is 7.57. The number of anilines is 1. The Hall–Kier alpha value is -2.60. The average Bonchev–Trinajstić information content (AvgIpc) is 3.03. The minimum Gasteiger partial charge on any atom is -0.467 e. The van der Waals surface area contributed by atoms with Crippen molar-refractivity contribution in [1.82, 2.24) is 5.32 Å². The molecule has 2 amide bonds.